The van der Waals surface area contributed by atoms with Gasteiger partial charge >= 0.3 is 6.09 Å². The summed E-state index contributed by atoms with van der Waals surface area (Å²) in [5.74, 6) is -0.397. The molecule has 0 saturated heterocycles. The van der Waals surface area contributed by atoms with Crippen molar-refractivity contribution in [2.24, 2.45) is 11.7 Å². The third-order valence-corrected chi connectivity index (χ3v) is 2.43. The maximum absolute atomic E-state index is 12.8. The third-order valence-electron chi connectivity index (χ3n) is 2.43. The molecule has 0 aliphatic carbocycles. The molecule has 0 fully saturated rings. The minimum atomic E-state index is -0.885. The van der Waals surface area contributed by atoms with Crippen molar-refractivity contribution < 1.29 is 19.0 Å². The van der Waals surface area contributed by atoms with Gasteiger partial charge in [-0.15, -0.1) is 0 Å². The van der Waals surface area contributed by atoms with Crippen LogP contribution in [0.15, 0.2) is 24.3 Å². The Hall–Kier alpha value is -1.62. The van der Waals surface area contributed by atoms with Crippen LogP contribution in [0.3, 0.4) is 0 Å². The van der Waals surface area contributed by atoms with E-state index >= 15 is 0 Å². The van der Waals surface area contributed by atoms with Gasteiger partial charge in [0.1, 0.15) is 11.9 Å². The third kappa shape index (κ3) is 4.40. The Labute approximate surface area is 99.2 Å². The fraction of sp³-hybridized carbons (Fsp3) is 0.417. The molecule has 1 amide bonds. The molecule has 1 aromatic rings. The quantitative estimate of drug-likeness (QED) is 0.827. The zero-order valence-electron chi connectivity index (χ0n) is 9.60. The van der Waals surface area contributed by atoms with Gasteiger partial charge in [0.05, 0.1) is 0 Å². The predicted octanol–water partition coefficient (Wildman–Crippen LogP) is 1.98. The molecule has 3 N–H and O–H groups in total. The van der Waals surface area contributed by atoms with E-state index in [0.29, 0.717) is 12.0 Å². The van der Waals surface area contributed by atoms with Gasteiger partial charge in [0.2, 0.25) is 0 Å². The van der Waals surface area contributed by atoms with Crippen LogP contribution in [0, 0.1) is 11.7 Å². The van der Waals surface area contributed by atoms with E-state index < -0.39 is 12.2 Å². The zero-order valence-corrected chi connectivity index (χ0v) is 9.60. The Balaban J connectivity index is 2.81. The molecule has 5 heteroatoms. The van der Waals surface area contributed by atoms with Crippen LogP contribution in [0.2, 0.25) is 0 Å². The molecule has 4 nitrogen and oxygen atoms in total. The number of amides is 1. The van der Waals surface area contributed by atoms with Crippen molar-refractivity contribution in [2.45, 2.75) is 19.4 Å². The molecule has 0 spiro atoms. The second kappa shape index (κ2) is 6.20. The van der Waals surface area contributed by atoms with Crippen LogP contribution in [-0.2, 0) is 4.74 Å². The summed E-state index contributed by atoms with van der Waals surface area (Å²) in [6, 6.07) is 5.65. The Morgan fingerprint density at radius 1 is 1.47 bits per heavy atom. The summed E-state index contributed by atoms with van der Waals surface area (Å²) in [6.45, 7) is 1.81. The van der Waals surface area contributed by atoms with Crippen molar-refractivity contribution in [2.75, 3.05) is 6.61 Å². The summed E-state index contributed by atoms with van der Waals surface area (Å²) in [5.41, 5.74) is 5.64. The van der Waals surface area contributed by atoms with Crippen LogP contribution in [0.5, 0.6) is 0 Å². The van der Waals surface area contributed by atoms with Crippen molar-refractivity contribution in [1.29, 1.82) is 0 Å². The topological polar surface area (TPSA) is 72.6 Å². The van der Waals surface area contributed by atoms with Crippen LogP contribution in [0.25, 0.3) is 0 Å². The van der Waals surface area contributed by atoms with Crippen LogP contribution in [0.1, 0.15) is 25.0 Å². The lowest BCUT2D eigenvalue weighted by atomic mass is 9.98. The molecule has 0 bridgehead atoms. The molecule has 0 unspecified atom stereocenters. The molecule has 0 aliphatic heterocycles. The Morgan fingerprint density at radius 3 is 2.53 bits per heavy atom. The average Bonchev–Trinajstić information content (AvgIpc) is 2.28. The lowest BCUT2D eigenvalue weighted by Gasteiger charge is -2.19. The lowest BCUT2D eigenvalue weighted by Crippen LogP contribution is -2.20. The summed E-state index contributed by atoms with van der Waals surface area (Å²) in [4.78, 5) is 10.8. The normalized spacial score (nSPS) is 14.1. The van der Waals surface area contributed by atoms with Gasteiger partial charge in [0.15, 0.2) is 0 Å². The van der Waals surface area contributed by atoms with E-state index in [9.17, 15) is 9.18 Å². The number of nitrogens with two attached hydrogens (primary N) is 1. The van der Waals surface area contributed by atoms with E-state index in [1.54, 1.807) is 0 Å². The van der Waals surface area contributed by atoms with Crippen molar-refractivity contribution in [3.05, 3.63) is 35.6 Å². The Bertz CT molecular complexity index is 367. The van der Waals surface area contributed by atoms with Crippen LogP contribution in [-0.4, -0.2) is 17.8 Å². The molecular formula is C12H16FNO3. The fourth-order valence-electron chi connectivity index (χ4n) is 1.51. The zero-order chi connectivity index (χ0) is 12.8. The summed E-state index contributed by atoms with van der Waals surface area (Å²) >= 11 is 0. The molecular weight excluding hydrogens is 225 g/mol. The number of hydrogen-bond acceptors (Lipinski definition) is 3. The highest BCUT2D eigenvalue weighted by Gasteiger charge is 2.18. The molecule has 17 heavy (non-hydrogen) atoms. The summed E-state index contributed by atoms with van der Waals surface area (Å²) < 4.78 is 17.7. The molecule has 2 atom stereocenters. The number of halogens is 1. The number of aliphatic hydroxyl groups is 1. The molecule has 0 aliphatic rings. The minimum Gasteiger partial charge on any atom is -0.442 e. The number of carbonyl (C=O) groups excluding carboxylic acids is 1. The number of hydrogen-bond donors (Lipinski definition) is 2. The van der Waals surface area contributed by atoms with E-state index in [1.807, 2.05) is 6.92 Å². The standard InChI is InChI=1S/C12H16FNO3/c1-8(7-15)6-11(17-12(14)16)9-2-4-10(13)5-3-9/h2-5,8,11,15H,6-7H2,1H3,(H2,14,16)/t8-,11-/m1/s1. The van der Waals surface area contributed by atoms with Gasteiger partial charge in [-0.3, -0.25) is 0 Å². The molecule has 94 valence electrons. The van der Waals surface area contributed by atoms with Crippen LogP contribution in [0.4, 0.5) is 9.18 Å². The molecule has 1 rings (SSSR count). The van der Waals surface area contributed by atoms with Crippen LogP contribution < -0.4 is 5.73 Å². The minimum absolute atomic E-state index is 0.0141. The summed E-state index contributed by atoms with van der Waals surface area (Å²) in [5, 5.41) is 8.98. The van der Waals surface area contributed by atoms with E-state index in [-0.39, 0.29) is 18.3 Å². The number of carbonyl (C=O) groups is 1. The SMILES string of the molecule is C[C@@H](CO)C[C@@H](OC(N)=O)c1ccc(F)cc1. The van der Waals surface area contributed by atoms with E-state index in [2.05, 4.69) is 0 Å². The molecule has 0 radical (unpaired) electrons. The fourth-order valence-corrected chi connectivity index (χ4v) is 1.51. The monoisotopic (exact) mass is 241 g/mol. The number of benzene rings is 1. The first-order valence-electron chi connectivity index (χ1n) is 5.35. The van der Waals surface area contributed by atoms with Gasteiger partial charge in [-0.25, -0.2) is 9.18 Å². The van der Waals surface area contributed by atoms with Crippen molar-refractivity contribution in [1.82, 2.24) is 0 Å². The smallest absolute Gasteiger partial charge is 0.405 e. The molecule has 1 aromatic carbocycles. The van der Waals surface area contributed by atoms with Gasteiger partial charge in [-0.2, -0.15) is 0 Å². The van der Waals surface area contributed by atoms with Crippen molar-refractivity contribution >= 4 is 6.09 Å². The Morgan fingerprint density at radius 2 is 2.06 bits per heavy atom. The van der Waals surface area contributed by atoms with Gasteiger partial charge in [-0.05, 0) is 30.0 Å². The highest BCUT2D eigenvalue weighted by Crippen LogP contribution is 2.25. The number of primary amides is 1. The first-order valence-corrected chi connectivity index (χ1v) is 5.35. The highest BCUT2D eigenvalue weighted by molar-refractivity contribution is 5.65. The first-order chi connectivity index (χ1) is 8.02. The number of ether oxygens (including phenoxy) is 1. The summed E-state index contributed by atoms with van der Waals surface area (Å²) in [7, 11) is 0. The van der Waals surface area contributed by atoms with E-state index in [1.165, 1.54) is 24.3 Å². The number of rotatable bonds is 5. The number of aliphatic hydroxyl groups excluding tert-OH is 1. The maximum atomic E-state index is 12.8. The van der Waals surface area contributed by atoms with Crippen molar-refractivity contribution in [3.8, 4) is 0 Å². The largest absolute Gasteiger partial charge is 0.442 e. The first kappa shape index (κ1) is 13.4. The second-order valence-electron chi connectivity index (χ2n) is 4.00. The van der Waals surface area contributed by atoms with Gasteiger partial charge < -0.3 is 15.6 Å². The molecule has 0 saturated carbocycles. The van der Waals surface area contributed by atoms with Crippen LogP contribution >= 0.6 is 0 Å². The lowest BCUT2D eigenvalue weighted by molar-refractivity contribution is 0.0820. The van der Waals surface area contributed by atoms with E-state index in [0.717, 1.165) is 0 Å². The molecule has 0 heterocycles. The Kier molecular flexibility index (Phi) is 4.90. The van der Waals surface area contributed by atoms with Gasteiger partial charge in [0, 0.05) is 6.61 Å². The summed E-state index contributed by atoms with van der Waals surface area (Å²) in [6.07, 6.45) is -1.01. The van der Waals surface area contributed by atoms with Gasteiger partial charge in [0.25, 0.3) is 0 Å². The highest BCUT2D eigenvalue weighted by atomic mass is 19.1. The van der Waals surface area contributed by atoms with Crippen molar-refractivity contribution in [3.63, 3.8) is 0 Å². The average molecular weight is 241 g/mol. The van der Waals surface area contributed by atoms with Gasteiger partial charge in [-0.1, -0.05) is 19.1 Å². The second-order valence-corrected chi connectivity index (χ2v) is 4.00. The molecule has 0 aromatic heterocycles. The predicted molar refractivity (Wildman–Crippen MR) is 60.7 cm³/mol. The maximum Gasteiger partial charge on any atom is 0.405 e. The van der Waals surface area contributed by atoms with E-state index in [4.69, 9.17) is 15.6 Å².